The van der Waals surface area contributed by atoms with E-state index in [9.17, 15) is 20.2 Å². The number of aromatic nitrogens is 1. The fraction of sp³-hybridized carbons (Fsp3) is 0.250. The maximum absolute atomic E-state index is 11.3. The summed E-state index contributed by atoms with van der Waals surface area (Å²) in [7, 11) is 0. The Kier molecular flexibility index (Phi) is 6.63. The van der Waals surface area contributed by atoms with Gasteiger partial charge in [-0.05, 0) is 18.6 Å². The number of hydrogen-bond donors (Lipinski definition) is 1. The molecule has 0 amide bonds. The van der Waals surface area contributed by atoms with E-state index in [0.29, 0.717) is 10.7 Å². The van der Waals surface area contributed by atoms with Crippen LogP contribution in [-0.4, -0.2) is 20.6 Å². The molecule has 0 aliphatic carbocycles. The van der Waals surface area contributed by atoms with Crippen LogP contribution in [-0.2, 0) is 6.54 Å². The number of anilines is 1. The maximum atomic E-state index is 11.3. The number of para-hydroxylation sites is 1. The second kappa shape index (κ2) is 9.36. The van der Waals surface area contributed by atoms with Crippen LogP contribution in [0.4, 0.5) is 17.1 Å². The highest BCUT2D eigenvalue weighted by Crippen LogP contribution is 2.31. The Labute approximate surface area is 177 Å². The van der Waals surface area contributed by atoms with Crippen molar-refractivity contribution in [3.63, 3.8) is 0 Å². The summed E-state index contributed by atoms with van der Waals surface area (Å²) < 4.78 is 2.03. The number of non-ortho nitro benzene ring substituents is 1. The summed E-state index contributed by atoms with van der Waals surface area (Å²) in [5, 5.41) is 27.7. The minimum atomic E-state index is -0.697. The standard InChI is InChI=1S/C20H20ClN5O4/c1-2-3-6-11-24-18-8-5-4-7-15(18)16(20(24)21)13-22-23-17-10-9-14(25(27)28)12-19(17)26(29)30/h4-5,7-10,12-13,23H,2-3,6,11H2,1H3/b22-13+. The SMILES string of the molecule is CCCCCn1c(Cl)c(/C=N/Nc2ccc([N+](=O)[O-])cc2[N+](=O)[O-])c2ccccc21. The molecule has 3 aromatic rings. The molecule has 0 spiro atoms. The lowest BCUT2D eigenvalue weighted by Crippen LogP contribution is -1.99. The largest absolute Gasteiger partial charge is 0.331 e. The van der Waals surface area contributed by atoms with Crippen LogP contribution in [0.25, 0.3) is 10.9 Å². The molecule has 0 radical (unpaired) electrons. The smallest absolute Gasteiger partial charge is 0.301 e. The number of nitro benzene ring substituents is 2. The lowest BCUT2D eigenvalue weighted by molar-refractivity contribution is -0.393. The Hall–Kier alpha value is -3.46. The van der Waals surface area contributed by atoms with E-state index < -0.39 is 15.5 Å². The molecule has 30 heavy (non-hydrogen) atoms. The molecule has 0 fully saturated rings. The van der Waals surface area contributed by atoms with Crippen molar-refractivity contribution in [2.45, 2.75) is 32.7 Å². The first-order chi connectivity index (χ1) is 14.4. The zero-order valence-corrected chi connectivity index (χ0v) is 17.0. The van der Waals surface area contributed by atoms with Gasteiger partial charge in [0.15, 0.2) is 0 Å². The molecule has 1 heterocycles. The Morgan fingerprint density at radius 1 is 1.13 bits per heavy atom. The van der Waals surface area contributed by atoms with E-state index in [0.717, 1.165) is 42.8 Å². The van der Waals surface area contributed by atoms with Gasteiger partial charge in [0.1, 0.15) is 10.8 Å². The molecule has 0 unspecified atom stereocenters. The molecule has 2 aromatic carbocycles. The van der Waals surface area contributed by atoms with Crippen LogP contribution in [0.2, 0.25) is 5.15 Å². The van der Waals surface area contributed by atoms with Gasteiger partial charge in [-0.1, -0.05) is 49.6 Å². The number of halogens is 1. The summed E-state index contributed by atoms with van der Waals surface area (Å²) in [6.45, 7) is 2.92. The highest BCUT2D eigenvalue weighted by atomic mass is 35.5. The normalized spacial score (nSPS) is 11.3. The van der Waals surface area contributed by atoms with Crippen LogP contribution >= 0.6 is 11.6 Å². The minimum Gasteiger partial charge on any atom is -0.331 e. The van der Waals surface area contributed by atoms with Crippen LogP contribution in [0.15, 0.2) is 47.6 Å². The summed E-state index contributed by atoms with van der Waals surface area (Å²) in [6.07, 6.45) is 4.70. The fourth-order valence-corrected chi connectivity index (χ4v) is 3.53. The van der Waals surface area contributed by atoms with Crippen molar-refractivity contribution in [2.24, 2.45) is 5.10 Å². The third kappa shape index (κ3) is 4.41. The molecular weight excluding hydrogens is 410 g/mol. The van der Waals surface area contributed by atoms with E-state index in [1.54, 1.807) is 0 Å². The van der Waals surface area contributed by atoms with Crippen LogP contribution in [0.5, 0.6) is 0 Å². The highest BCUT2D eigenvalue weighted by molar-refractivity contribution is 6.34. The van der Waals surface area contributed by atoms with Crippen molar-refractivity contribution in [2.75, 3.05) is 5.43 Å². The maximum Gasteiger partial charge on any atom is 0.301 e. The third-order valence-corrected chi connectivity index (χ3v) is 5.10. The molecular formula is C20H20ClN5O4. The molecule has 0 saturated heterocycles. The second-order valence-electron chi connectivity index (χ2n) is 6.67. The molecule has 1 aromatic heterocycles. The third-order valence-electron chi connectivity index (χ3n) is 4.70. The van der Waals surface area contributed by atoms with Crippen LogP contribution < -0.4 is 5.43 Å². The number of aryl methyl sites for hydroxylation is 1. The number of nitro groups is 2. The van der Waals surface area contributed by atoms with E-state index in [2.05, 4.69) is 17.5 Å². The van der Waals surface area contributed by atoms with Gasteiger partial charge < -0.3 is 4.57 Å². The second-order valence-corrected chi connectivity index (χ2v) is 7.02. The van der Waals surface area contributed by atoms with E-state index in [4.69, 9.17) is 11.6 Å². The van der Waals surface area contributed by atoms with Gasteiger partial charge in [-0.3, -0.25) is 25.7 Å². The van der Waals surface area contributed by atoms with E-state index in [-0.39, 0.29) is 11.4 Å². The van der Waals surface area contributed by atoms with Crippen molar-refractivity contribution in [3.05, 3.63) is 73.4 Å². The van der Waals surface area contributed by atoms with Crippen molar-refractivity contribution < 1.29 is 9.85 Å². The highest BCUT2D eigenvalue weighted by Gasteiger charge is 2.19. The van der Waals surface area contributed by atoms with Gasteiger partial charge in [0.05, 0.1) is 22.1 Å². The topological polar surface area (TPSA) is 116 Å². The van der Waals surface area contributed by atoms with Crippen molar-refractivity contribution in [1.29, 1.82) is 0 Å². The lowest BCUT2D eigenvalue weighted by Gasteiger charge is -2.06. The van der Waals surface area contributed by atoms with Crippen LogP contribution in [0, 0.1) is 20.2 Å². The monoisotopic (exact) mass is 429 g/mol. The van der Waals surface area contributed by atoms with Crippen molar-refractivity contribution in [3.8, 4) is 0 Å². The van der Waals surface area contributed by atoms with Gasteiger partial charge in [-0.25, -0.2) is 0 Å². The van der Waals surface area contributed by atoms with Crippen molar-refractivity contribution >= 4 is 45.8 Å². The number of fused-ring (bicyclic) bond motifs is 1. The average Bonchev–Trinajstić information content (AvgIpc) is 2.99. The molecule has 9 nitrogen and oxygen atoms in total. The van der Waals surface area contributed by atoms with Crippen LogP contribution in [0.1, 0.15) is 31.7 Å². The van der Waals surface area contributed by atoms with Crippen LogP contribution in [0.3, 0.4) is 0 Å². The first kappa shape index (κ1) is 21.3. The molecule has 3 rings (SSSR count). The number of unbranched alkanes of at least 4 members (excludes halogenated alkanes) is 2. The number of hydrogen-bond acceptors (Lipinski definition) is 6. The molecule has 0 atom stereocenters. The number of nitrogens with one attached hydrogen (secondary N) is 1. The van der Waals surface area contributed by atoms with E-state index in [1.165, 1.54) is 18.3 Å². The van der Waals surface area contributed by atoms with E-state index in [1.807, 2.05) is 28.8 Å². The number of nitrogens with zero attached hydrogens (tertiary/aromatic N) is 4. The Balaban J connectivity index is 1.91. The number of benzene rings is 2. The van der Waals surface area contributed by atoms with Gasteiger partial charge in [-0.2, -0.15) is 5.10 Å². The predicted molar refractivity (Wildman–Crippen MR) is 117 cm³/mol. The minimum absolute atomic E-state index is 0.0460. The summed E-state index contributed by atoms with van der Waals surface area (Å²) in [5.41, 5.74) is 3.53. The zero-order chi connectivity index (χ0) is 21.7. The Morgan fingerprint density at radius 3 is 2.60 bits per heavy atom. The zero-order valence-electron chi connectivity index (χ0n) is 16.2. The van der Waals surface area contributed by atoms with Gasteiger partial charge in [0.25, 0.3) is 5.69 Å². The predicted octanol–water partition coefficient (Wildman–Crippen LogP) is 5.75. The van der Waals surface area contributed by atoms with Crippen molar-refractivity contribution in [1.82, 2.24) is 4.57 Å². The fourth-order valence-electron chi connectivity index (χ4n) is 3.21. The number of hydrazone groups is 1. The van der Waals surface area contributed by atoms with E-state index >= 15 is 0 Å². The first-order valence-corrected chi connectivity index (χ1v) is 9.80. The Bertz CT molecular complexity index is 1130. The molecule has 0 aliphatic heterocycles. The summed E-state index contributed by atoms with van der Waals surface area (Å²) in [5.74, 6) is 0. The lowest BCUT2D eigenvalue weighted by atomic mass is 10.2. The molecule has 10 heteroatoms. The molecule has 1 N–H and O–H groups in total. The van der Waals surface area contributed by atoms with Gasteiger partial charge in [0.2, 0.25) is 0 Å². The van der Waals surface area contributed by atoms with Gasteiger partial charge in [-0.15, -0.1) is 0 Å². The van der Waals surface area contributed by atoms with Gasteiger partial charge >= 0.3 is 5.69 Å². The molecule has 0 saturated carbocycles. The molecule has 0 bridgehead atoms. The molecule has 156 valence electrons. The average molecular weight is 430 g/mol. The summed E-state index contributed by atoms with van der Waals surface area (Å²) in [4.78, 5) is 20.7. The van der Waals surface area contributed by atoms with Gasteiger partial charge in [0, 0.05) is 29.1 Å². The number of rotatable bonds is 9. The quantitative estimate of drug-likeness (QED) is 0.201. The summed E-state index contributed by atoms with van der Waals surface area (Å²) in [6, 6.07) is 11.1. The first-order valence-electron chi connectivity index (χ1n) is 9.42. The summed E-state index contributed by atoms with van der Waals surface area (Å²) >= 11 is 6.61. The Morgan fingerprint density at radius 2 is 1.90 bits per heavy atom. The molecule has 0 aliphatic rings.